The van der Waals surface area contributed by atoms with E-state index in [4.69, 9.17) is 18.7 Å². The summed E-state index contributed by atoms with van der Waals surface area (Å²) in [6, 6.07) is 14.3. The molecule has 0 aliphatic rings. The monoisotopic (exact) mass is 437 g/mol. The van der Waals surface area contributed by atoms with Gasteiger partial charge in [-0.25, -0.2) is 4.98 Å². The number of hydrogen-bond donors (Lipinski definition) is 1. The van der Waals surface area contributed by atoms with E-state index in [1.54, 1.807) is 39.5 Å². The average Bonchev–Trinajstić information content (AvgIpc) is 3.48. The van der Waals surface area contributed by atoms with E-state index in [0.717, 1.165) is 5.56 Å². The van der Waals surface area contributed by atoms with E-state index in [-0.39, 0.29) is 5.69 Å². The van der Waals surface area contributed by atoms with Gasteiger partial charge in [0, 0.05) is 17.0 Å². The number of carbonyl (C=O) groups excluding carboxylic acids is 1. The number of aromatic nitrogens is 2. The minimum Gasteiger partial charge on any atom is -0.497 e. The van der Waals surface area contributed by atoms with Gasteiger partial charge >= 0.3 is 0 Å². The van der Waals surface area contributed by atoms with Gasteiger partial charge in [0.15, 0.2) is 16.6 Å². The van der Waals surface area contributed by atoms with Gasteiger partial charge in [-0.2, -0.15) is 0 Å². The van der Waals surface area contributed by atoms with Gasteiger partial charge in [0.25, 0.3) is 5.91 Å². The van der Waals surface area contributed by atoms with Crippen LogP contribution in [0.4, 0.5) is 5.13 Å². The molecule has 2 aromatic heterocycles. The summed E-state index contributed by atoms with van der Waals surface area (Å²) in [5.74, 6) is 1.97. The van der Waals surface area contributed by atoms with Crippen molar-refractivity contribution in [2.45, 2.75) is 0 Å². The minimum atomic E-state index is -0.427. The van der Waals surface area contributed by atoms with Crippen LogP contribution < -0.4 is 19.5 Å². The third-order valence-electron chi connectivity index (χ3n) is 4.52. The molecular weight excluding hydrogens is 418 g/mol. The van der Waals surface area contributed by atoms with Crippen molar-refractivity contribution in [1.29, 1.82) is 0 Å². The van der Waals surface area contributed by atoms with Crippen LogP contribution in [-0.4, -0.2) is 37.4 Å². The van der Waals surface area contributed by atoms with Crippen molar-refractivity contribution in [1.82, 2.24) is 10.1 Å². The largest absolute Gasteiger partial charge is 0.497 e. The maximum absolute atomic E-state index is 12.6. The molecule has 0 saturated heterocycles. The summed E-state index contributed by atoms with van der Waals surface area (Å²) in [5.41, 5.74) is 2.26. The molecule has 158 valence electrons. The number of anilines is 1. The van der Waals surface area contributed by atoms with Crippen LogP contribution >= 0.6 is 11.3 Å². The highest BCUT2D eigenvalue weighted by Gasteiger charge is 2.18. The molecule has 1 N–H and O–H groups in total. The van der Waals surface area contributed by atoms with E-state index in [9.17, 15) is 4.79 Å². The normalized spacial score (nSPS) is 10.5. The molecule has 31 heavy (non-hydrogen) atoms. The highest BCUT2D eigenvalue weighted by atomic mass is 32.1. The first-order chi connectivity index (χ1) is 15.1. The molecule has 0 unspecified atom stereocenters. The molecular formula is C22H19N3O5S. The second kappa shape index (κ2) is 8.88. The fourth-order valence-corrected chi connectivity index (χ4v) is 3.69. The summed E-state index contributed by atoms with van der Waals surface area (Å²) in [5, 5.41) is 8.88. The smallest absolute Gasteiger partial charge is 0.279 e. The van der Waals surface area contributed by atoms with E-state index in [2.05, 4.69) is 15.5 Å². The topological polar surface area (TPSA) is 95.7 Å². The van der Waals surface area contributed by atoms with Gasteiger partial charge in [0.2, 0.25) is 0 Å². The van der Waals surface area contributed by atoms with Crippen molar-refractivity contribution in [3.05, 3.63) is 59.6 Å². The lowest BCUT2D eigenvalue weighted by Crippen LogP contribution is -2.11. The van der Waals surface area contributed by atoms with Crippen molar-refractivity contribution in [3.8, 4) is 39.8 Å². The molecule has 4 rings (SSSR count). The zero-order valence-electron chi connectivity index (χ0n) is 17.0. The van der Waals surface area contributed by atoms with Crippen molar-refractivity contribution >= 4 is 22.4 Å². The molecule has 0 radical (unpaired) electrons. The average molecular weight is 437 g/mol. The Morgan fingerprint density at radius 3 is 2.52 bits per heavy atom. The molecule has 0 saturated carbocycles. The Hall–Kier alpha value is -3.85. The Morgan fingerprint density at radius 1 is 0.968 bits per heavy atom. The van der Waals surface area contributed by atoms with Gasteiger partial charge in [0.05, 0.1) is 32.6 Å². The number of rotatable bonds is 7. The number of ether oxygens (including phenoxy) is 3. The van der Waals surface area contributed by atoms with E-state index in [0.29, 0.717) is 39.4 Å². The van der Waals surface area contributed by atoms with Crippen molar-refractivity contribution < 1.29 is 23.5 Å². The van der Waals surface area contributed by atoms with E-state index in [1.807, 2.05) is 35.7 Å². The molecule has 9 heteroatoms. The molecule has 4 aromatic rings. The first kappa shape index (κ1) is 20.4. The number of thiazole rings is 1. The molecule has 0 bridgehead atoms. The van der Waals surface area contributed by atoms with E-state index < -0.39 is 5.91 Å². The summed E-state index contributed by atoms with van der Waals surface area (Å²) in [6.45, 7) is 0. The number of methoxy groups -OCH3 is 3. The second-order valence-electron chi connectivity index (χ2n) is 6.33. The Bertz CT molecular complexity index is 1220. The zero-order chi connectivity index (χ0) is 21.8. The van der Waals surface area contributed by atoms with Gasteiger partial charge < -0.3 is 18.7 Å². The number of hydrogen-bond acceptors (Lipinski definition) is 8. The van der Waals surface area contributed by atoms with Gasteiger partial charge in [-0.1, -0.05) is 17.3 Å². The highest BCUT2D eigenvalue weighted by Crippen LogP contribution is 2.35. The quantitative estimate of drug-likeness (QED) is 0.446. The van der Waals surface area contributed by atoms with Gasteiger partial charge in [0.1, 0.15) is 17.2 Å². The molecule has 0 aliphatic carbocycles. The van der Waals surface area contributed by atoms with Crippen LogP contribution in [0, 0.1) is 0 Å². The molecule has 1 amide bonds. The van der Waals surface area contributed by atoms with Crippen LogP contribution in [0.2, 0.25) is 0 Å². The lowest BCUT2D eigenvalue weighted by Gasteiger charge is -2.08. The molecule has 0 atom stereocenters. The maximum Gasteiger partial charge on any atom is 0.279 e. The number of benzene rings is 2. The minimum absolute atomic E-state index is 0.136. The lowest BCUT2D eigenvalue weighted by atomic mass is 10.1. The van der Waals surface area contributed by atoms with Crippen LogP contribution in [0.15, 0.2) is 58.4 Å². The second-order valence-corrected chi connectivity index (χ2v) is 7.19. The molecule has 2 heterocycles. The Morgan fingerprint density at radius 2 is 1.74 bits per heavy atom. The van der Waals surface area contributed by atoms with Gasteiger partial charge in [-0.3, -0.25) is 10.1 Å². The van der Waals surface area contributed by atoms with E-state index >= 15 is 0 Å². The van der Waals surface area contributed by atoms with Crippen LogP contribution in [0.1, 0.15) is 10.5 Å². The molecule has 0 fully saturated rings. The highest BCUT2D eigenvalue weighted by molar-refractivity contribution is 7.14. The number of amides is 1. The summed E-state index contributed by atoms with van der Waals surface area (Å²) in [4.78, 5) is 17.1. The summed E-state index contributed by atoms with van der Waals surface area (Å²) >= 11 is 1.29. The van der Waals surface area contributed by atoms with Crippen molar-refractivity contribution in [2.75, 3.05) is 26.6 Å². The van der Waals surface area contributed by atoms with Crippen LogP contribution in [0.5, 0.6) is 17.2 Å². The first-order valence-corrected chi connectivity index (χ1v) is 10.1. The third kappa shape index (κ3) is 4.22. The lowest BCUT2D eigenvalue weighted by molar-refractivity contribution is 0.101. The van der Waals surface area contributed by atoms with Crippen LogP contribution in [-0.2, 0) is 0 Å². The summed E-state index contributed by atoms with van der Waals surface area (Å²) < 4.78 is 21.4. The van der Waals surface area contributed by atoms with Crippen LogP contribution in [0.25, 0.3) is 22.6 Å². The fourth-order valence-electron chi connectivity index (χ4n) is 2.99. The Labute approximate surface area is 182 Å². The predicted octanol–water partition coefficient (Wildman–Crippen LogP) is 4.74. The molecule has 2 aromatic carbocycles. The Balaban J connectivity index is 1.54. The number of carbonyl (C=O) groups is 1. The fraction of sp³-hybridized carbons (Fsp3) is 0.136. The van der Waals surface area contributed by atoms with E-state index in [1.165, 1.54) is 11.3 Å². The van der Waals surface area contributed by atoms with Gasteiger partial charge in [-0.05, 0) is 30.3 Å². The third-order valence-corrected chi connectivity index (χ3v) is 5.28. The Kier molecular flexibility index (Phi) is 5.85. The van der Waals surface area contributed by atoms with Crippen LogP contribution in [0.3, 0.4) is 0 Å². The molecule has 0 spiro atoms. The van der Waals surface area contributed by atoms with Crippen molar-refractivity contribution in [3.63, 3.8) is 0 Å². The molecule has 8 nitrogen and oxygen atoms in total. The number of para-hydroxylation sites is 1. The zero-order valence-corrected chi connectivity index (χ0v) is 17.9. The van der Waals surface area contributed by atoms with Crippen molar-refractivity contribution in [2.24, 2.45) is 0 Å². The standard InChI is InChI=1S/C22H19N3O5S/c1-27-13-8-9-19(29-3)15(10-13)17-12-31-22(23-17)24-21(26)16-11-20(30-25-16)14-6-4-5-7-18(14)28-2/h4-12H,1-3H3,(H,23,24,26). The summed E-state index contributed by atoms with van der Waals surface area (Å²) in [6.07, 6.45) is 0. The first-order valence-electron chi connectivity index (χ1n) is 9.22. The van der Waals surface area contributed by atoms with Gasteiger partial charge in [-0.15, -0.1) is 11.3 Å². The number of nitrogens with one attached hydrogen (secondary N) is 1. The predicted molar refractivity (Wildman–Crippen MR) is 117 cm³/mol. The molecule has 0 aliphatic heterocycles. The number of nitrogens with zero attached hydrogens (tertiary/aromatic N) is 2. The summed E-state index contributed by atoms with van der Waals surface area (Å²) in [7, 11) is 4.75. The maximum atomic E-state index is 12.6. The SMILES string of the molecule is COc1ccc(OC)c(-c2csc(NC(=O)c3cc(-c4ccccc4OC)on3)n2)c1.